The zero-order valence-corrected chi connectivity index (χ0v) is 14.1. The van der Waals surface area contributed by atoms with Gasteiger partial charge in [-0.1, -0.05) is 30.3 Å². The Labute approximate surface area is 141 Å². The van der Waals surface area contributed by atoms with E-state index in [0.29, 0.717) is 17.9 Å². The number of benzene rings is 2. The maximum atomic E-state index is 12.0. The van der Waals surface area contributed by atoms with Crippen molar-refractivity contribution in [3.05, 3.63) is 64.7 Å². The molecule has 24 heavy (non-hydrogen) atoms. The highest BCUT2D eigenvalue weighted by atomic mass is 16.5. The molecule has 0 spiro atoms. The minimum Gasteiger partial charge on any atom is -0.496 e. The smallest absolute Gasteiger partial charge is 0.342 e. The molecule has 2 aromatic carbocycles. The van der Waals surface area contributed by atoms with Crippen LogP contribution in [-0.4, -0.2) is 25.6 Å². The van der Waals surface area contributed by atoms with Crippen LogP contribution in [0.4, 0.5) is 0 Å². The molecular weight excluding hydrogens is 306 g/mol. The van der Waals surface area contributed by atoms with Gasteiger partial charge in [-0.3, -0.25) is 4.79 Å². The van der Waals surface area contributed by atoms with Crippen LogP contribution in [0.5, 0.6) is 5.75 Å². The third-order valence-corrected chi connectivity index (χ3v) is 3.72. The fourth-order valence-corrected chi connectivity index (χ4v) is 2.19. The monoisotopic (exact) mass is 327 g/mol. The Bertz CT molecular complexity index is 740. The normalized spacial score (nSPS) is 10.1. The summed E-state index contributed by atoms with van der Waals surface area (Å²) in [7, 11) is 1.47. The zero-order valence-electron chi connectivity index (χ0n) is 14.1. The summed E-state index contributed by atoms with van der Waals surface area (Å²) in [5.41, 5.74) is 3.67. The van der Waals surface area contributed by atoms with Crippen LogP contribution in [0, 0.1) is 13.8 Å². The molecule has 2 aromatic rings. The summed E-state index contributed by atoms with van der Waals surface area (Å²) in [6.07, 6.45) is 0. The molecule has 0 aromatic heterocycles. The number of ether oxygens (including phenoxy) is 2. The predicted molar refractivity (Wildman–Crippen MR) is 91.0 cm³/mol. The Kier molecular flexibility index (Phi) is 5.95. The summed E-state index contributed by atoms with van der Waals surface area (Å²) in [6, 6.07) is 12.7. The molecule has 0 atom stereocenters. The van der Waals surface area contributed by atoms with Gasteiger partial charge in [0.15, 0.2) is 6.61 Å². The molecule has 5 heteroatoms. The van der Waals surface area contributed by atoms with Gasteiger partial charge in [-0.15, -0.1) is 0 Å². The Hall–Kier alpha value is -2.82. The third kappa shape index (κ3) is 4.59. The van der Waals surface area contributed by atoms with Crippen molar-refractivity contribution in [3.8, 4) is 5.75 Å². The van der Waals surface area contributed by atoms with Gasteiger partial charge >= 0.3 is 5.97 Å². The van der Waals surface area contributed by atoms with Gasteiger partial charge in [0, 0.05) is 6.54 Å². The van der Waals surface area contributed by atoms with Crippen molar-refractivity contribution in [1.82, 2.24) is 5.32 Å². The second-order valence-electron chi connectivity index (χ2n) is 5.47. The van der Waals surface area contributed by atoms with Gasteiger partial charge in [-0.25, -0.2) is 4.79 Å². The topological polar surface area (TPSA) is 64.6 Å². The maximum absolute atomic E-state index is 12.0. The average Bonchev–Trinajstić information content (AvgIpc) is 2.60. The lowest BCUT2D eigenvalue weighted by Crippen LogP contribution is -2.28. The van der Waals surface area contributed by atoms with Crippen LogP contribution in [0.15, 0.2) is 42.5 Å². The van der Waals surface area contributed by atoms with Crippen LogP contribution in [0.2, 0.25) is 0 Å². The van der Waals surface area contributed by atoms with E-state index in [2.05, 4.69) is 5.32 Å². The van der Waals surface area contributed by atoms with Crippen LogP contribution < -0.4 is 10.1 Å². The number of hydrogen-bond acceptors (Lipinski definition) is 4. The first kappa shape index (κ1) is 17.5. The molecule has 0 bridgehead atoms. The molecular formula is C19H21NO4. The van der Waals surface area contributed by atoms with Gasteiger partial charge in [-0.2, -0.15) is 0 Å². The second kappa shape index (κ2) is 8.15. The number of para-hydroxylation sites is 1. The molecule has 0 aliphatic carbocycles. The Morgan fingerprint density at radius 2 is 1.79 bits per heavy atom. The highest BCUT2D eigenvalue weighted by Crippen LogP contribution is 2.18. The second-order valence-corrected chi connectivity index (χ2v) is 5.47. The van der Waals surface area contributed by atoms with E-state index in [1.165, 1.54) is 18.2 Å². The lowest BCUT2D eigenvalue weighted by Gasteiger charge is -2.10. The summed E-state index contributed by atoms with van der Waals surface area (Å²) in [5.74, 6) is -0.525. The van der Waals surface area contributed by atoms with Crippen LogP contribution >= 0.6 is 0 Å². The van der Waals surface area contributed by atoms with Crippen molar-refractivity contribution in [2.75, 3.05) is 13.7 Å². The molecule has 0 saturated carbocycles. The quantitative estimate of drug-likeness (QED) is 0.829. The number of carbonyl (C=O) groups excluding carboxylic acids is 2. The zero-order chi connectivity index (χ0) is 17.5. The lowest BCUT2D eigenvalue weighted by molar-refractivity contribution is -0.124. The first-order chi connectivity index (χ1) is 11.5. The van der Waals surface area contributed by atoms with E-state index in [1.54, 1.807) is 24.3 Å². The Morgan fingerprint density at radius 3 is 2.50 bits per heavy atom. The molecule has 0 radical (unpaired) electrons. The predicted octanol–water partition coefficient (Wildman–Crippen LogP) is 2.79. The molecule has 0 aliphatic rings. The number of methoxy groups -OCH3 is 1. The van der Waals surface area contributed by atoms with Gasteiger partial charge in [0.25, 0.3) is 5.91 Å². The van der Waals surface area contributed by atoms with E-state index in [1.807, 2.05) is 32.0 Å². The van der Waals surface area contributed by atoms with E-state index in [4.69, 9.17) is 9.47 Å². The fourth-order valence-electron chi connectivity index (χ4n) is 2.19. The first-order valence-corrected chi connectivity index (χ1v) is 7.64. The summed E-state index contributed by atoms with van der Waals surface area (Å²) >= 11 is 0. The molecule has 1 N–H and O–H groups in total. The van der Waals surface area contributed by atoms with Crippen molar-refractivity contribution < 1.29 is 19.1 Å². The van der Waals surface area contributed by atoms with Crippen molar-refractivity contribution in [2.45, 2.75) is 20.4 Å². The molecule has 2 rings (SSSR count). The number of nitrogens with one attached hydrogen (secondary N) is 1. The Balaban J connectivity index is 1.84. The molecule has 5 nitrogen and oxygen atoms in total. The van der Waals surface area contributed by atoms with E-state index in [0.717, 1.165) is 5.56 Å². The summed E-state index contributed by atoms with van der Waals surface area (Å²) < 4.78 is 10.1. The van der Waals surface area contributed by atoms with Gasteiger partial charge in [0.2, 0.25) is 0 Å². The van der Waals surface area contributed by atoms with E-state index in [-0.39, 0.29) is 12.5 Å². The number of amides is 1. The lowest BCUT2D eigenvalue weighted by atomic mass is 10.1. The molecule has 0 heterocycles. The van der Waals surface area contributed by atoms with Crippen molar-refractivity contribution in [2.24, 2.45) is 0 Å². The van der Waals surface area contributed by atoms with Gasteiger partial charge < -0.3 is 14.8 Å². The number of hydrogen-bond donors (Lipinski definition) is 1. The van der Waals surface area contributed by atoms with Gasteiger partial charge in [0.05, 0.1) is 7.11 Å². The van der Waals surface area contributed by atoms with Crippen LogP contribution in [0.3, 0.4) is 0 Å². The summed E-state index contributed by atoms with van der Waals surface area (Å²) in [5, 5.41) is 2.73. The third-order valence-electron chi connectivity index (χ3n) is 3.72. The maximum Gasteiger partial charge on any atom is 0.342 e. The van der Waals surface area contributed by atoms with Gasteiger partial charge in [0.1, 0.15) is 11.3 Å². The highest BCUT2D eigenvalue weighted by molar-refractivity contribution is 5.93. The number of esters is 1. The molecule has 0 fully saturated rings. The number of rotatable bonds is 6. The molecule has 1 amide bonds. The number of carbonyl (C=O) groups is 2. The summed E-state index contributed by atoms with van der Waals surface area (Å²) in [6.45, 7) is 4.12. The minimum absolute atomic E-state index is 0.293. The van der Waals surface area contributed by atoms with Crippen LogP contribution in [0.1, 0.15) is 27.0 Å². The van der Waals surface area contributed by atoms with Crippen molar-refractivity contribution in [1.29, 1.82) is 0 Å². The van der Waals surface area contributed by atoms with Crippen molar-refractivity contribution >= 4 is 11.9 Å². The first-order valence-electron chi connectivity index (χ1n) is 7.64. The average molecular weight is 327 g/mol. The molecule has 126 valence electrons. The minimum atomic E-state index is -0.589. The summed E-state index contributed by atoms with van der Waals surface area (Å²) in [4.78, 5) is 23.8. The highest BCUT2D eigenvalue weighted by Gasteiger charge is 2.14. The van der Waals surface area contributed by atoms with Crippen LogP contribution in [0.25, 0.3) is 0 Å². The molecule has 0 aliphatic heterocycles. The van der Waals surface area contributed by atoms with Crippen LogP contribution in [-0.2, 0) is 16.1 Å². The Morgan fingerprint density at radius 1 is 1.04 bits per heavy atom. The standard InChI is InChI=1S/C19H21NO4/c1-13-8-9-15(10-14(13)2)11-20-18(21)12-24-19(22)16-6-4-5-7-17(16)23-3/h4-10H,11-12H2,1-3H3,(H,20,21). The SMILES string of the molecule is COc1ccccc1C(=O)OCC(=O)NCc1ccc(C)c(C)c1. The van der Waals surface area contributed by atoms with E-state index >= 15 is 0 Å². The number of aryl methyl sites for hydroxylation is 2. The van der Waals surface area contributed by atoms with Gasteiger partial charge in [-0.05, 0) is 42.7 Å². The van der Waals surface area contributed by atoms with E-state index in [9.17, 15) is 9.59 Å². The van der Waals surface area contributed by atoms with E-state index < -0.39 is 5.97 Å². The fraction of sp³-hybridized carbons (Fsp3) is 0.263. The van der Waals surface area contributed by atoms with Crippen molar-refractivity contribution in [3.63, 3.8) is 0 Å². The molecule has 0 saturated heterocycles. The largest absolute Gasteiger partial charge is 0.496 e. The molecule has 0 unspecified atom stereocenters.